The lowest BCUT2D eigenvalue weighted by Crippen LogP contribution is -2.33. The van der Waals surface area contributed by atoms with E-state index in [1.165, 1.54) is 23.5 Å². The van der Waals surface area contributed by atoms with Gasteiger partial charge < -0.3 is 20.1 Å². The van der Waals surface area contributed by atoms with Gasteiger partial charge in [0.15, 0.2) is 0 Å². The summed E-state index contributed by atoms with van der Waals surface area (Å²) in [7, 11) is 0. The van der Waals surface area contributed by atoms with Crippen LogP contribution in [0.4, 0.5) is 9.39 Å². The van der Waals surface area contributed by atoms with Crippen LogP contribution in [0.25, 0.3) is 11.1 Å². The lowest BCUT2D eigenvalue weighted by Gasteiger charge is -2.11. The molecule has 0 spiro atoms. The second kappa shape index (κ2) is 9.77. The molecule has 28 heavy (non-hydrogen) atoms. The van der Waals surface area contributed by atoms with Crippen LogP contribution in [0, 0.1) is 5.82 Å². The molecular formula is C20H23FN2O4S. The molecule has 0 saturated carbocycles. The van der Waals surface area contributed by atoms with Crippen molar-refractivity contribution in [1.82, 2.24) is 5.32 Å². The molecule has 1 aliphatic heterocycles. The SMILES string of the molecule is CCOC(=O)c1c(-c2ccc(F)cc2)csc1NC(=O)CNC[C@@H]1CCCO1. The monoisotopic (exact) mass is 406 g/mol. The standard InChI is InChI=1S/C20H23FN2O4S/c1-2-26-20(25)18-16(13-5-7-14(21)8-6-13)12-28-19(18)23-17(24)11-22-10-15-4-3-9-27-15/h5-8,12,15,22H,2-4,9-11H2,1H3,(H,23,24)/t15-/m0/s1. The van der Waals surface area contributed by atoms with Gasteiger partial charge in [-0.05, 0) is 37.5 Å². The molecule has 6 nitrogen and oxygen atoms in total. The number of halogens is 1. The van der Waals surface area contributed by atoms with Crippen LogP contribution < -0.4 is 10.6 Å². The summed E-state index contributed by atoms with van der Waals surface area (Å²) in [5, 5.41) is 8.03. The number of benzene rings is 1. The Kier molecular flexibility index (Phi) is 7.13. The van der Waals surface area contributed by atoms with Gasteiger partial charge in [-0.2, -0.15) is 0 Å². The van der Waals surface area contributed by atoms with E-state index in [-0.39, 0.29) is 36.5 Å². The third-order valence-corrected chi connectivity index (χ3v) is 5.26. The maximum Gasteiger partial charge on any atom is 0.341 e. The van der Waals surface area contributed by atoms with Crippen LogP contribution in [0.5, 0.6) is 0 Å². The molecule has 3 rings (SSSR count). The molecule has 1 amide bonds. The Bertz CT molecular complexity index is 816. The highest BCUT2D eigenvalue weighted by molar-refractivity contribution is 7.15. The highest BCUT2D eigenvalue weighted by Gasteiger charge is 2.23. The molecule has 0 radical (unpaired) electrons. The third kappa shape index (κ3) is 5.15. The highest BCUT2D eigenvalue weighted by Crippen LogP contribution is 2.36. The van der Waals surface area contributed by atoms with E-state index in [1.807, 2.05) is 0 Å². The van der Waals surface area contributed by atoms with Gasteiger partial charge in [-0.1, -0.05) is 12.1 Å². The molecule has 2 heterocycles. The average Bonchev–Trinajstić information content (AvgIpc) is 3.32. The first kappa shape index (κ1) is 20.4. The average molecular weight is 406 g/mol. The number of rotatable bonds is 8. The van der Waals surface area contributed by atoms with E-state index in [0.717, 1.165) is 19.4 Å². The number of anilines is 1. The number of carbonyl (C=O) groups is 2. The van der Waals surface area contributed by atoms with Gasteiger partial charge in [-0.25, -0.2) is 9.18 Å². The smallest absolute Gasteiger partial charge is 0.341 e. The van der Waals surface area contributed by atoms with Gasteiger partial charge in [0, 0.05) is 24.1 Å². The second-order valence-corrected chi connectivity index (χ2v) is 7.27. The van der Waals surface area contributed by atoms with Crippen LogP contribution in [0.2, 0.25) is 0 Å². The summed E-state index contributed by atoms with van der Waals surface area (Å²) in [6.45, 7) is 3.43. The minimum Gasteiger partial charge on any atom is -0.462 e. The second-order valence-electron chi connectivity index (χ2n) is 6.39. The number of carbonyl (C=O) groups excluding carboxylic acids is 2. The normalized spacial score (nSPS) is 16.1. The number of esters is 1. The van der Waals surface area contributed by atoms with Gasteiger partial charge >= 0.3 is 5.97 Å². The summed E-state index contributed by atoms with van der Waals surface area (Å²) in [5.41, 5.74) is 1.56. The fourth-order valence-corrected chi connectivity index (χ4v) is 3.99. The molecule has 1 aliphatic rings. The molecule has 0 unspecified atom stereocenters. The number of ether oxygens (including phenoxy) is 2. The van der Waals surface area contributed by atoms with Gasteiger partial charge in [0.25, 0.3) is 0 Å². The van der Waals surface area contributed by atoms with Crippen molar-refractivity contribution in [1.29, 1.82) is 0 Å². The molecule has 8 heteroatoms. The number of hydrogen-bond acceptors (Lipinski definition) is 6. The minimum atomic E-state index is -0.523. The Morgan fingerprint density at radius 2 is 2.11 bits per heavy atom. The first-order valence-electron chi connectivity index (χ1n) is 9.25. The lowest BCUT2D eigenvalue weighted by molar-refractivity contribution is -0.115. The summed E-state index contributed by atoms with van der Waals surface area (Å²) in [4.78, 5) is 24.8. The molecular weight excluding hydrogens is 383 g/mol. The molecule has 1 atom stereocenters. The number of hydrogen-bond donors (Lipinski definition) is 2. The van der Waals surface area contributed by atoms with E-state index in [4.69, 9.17) is 9.47 Å². The summed E-state index contributed by atoms with van der Waals surface area (Å²) < 4.78 is 23.9. The Morgan fingerprint density at radius 1 is 1.32 bits per heavy atom. The van der Waals surface area contributed by atoms with E-state index in [1.54, 1.807) is 24.4 Å². The van der Waals surface area contributed by atoms with Gasteiger partial charge in [-0.15, -0.1) is 11.3 Å². The van der Waals surface area contributed by atoms with E-state index in [0.29, 0.717) is 22.7 Å². The summed E-state index contributed by atoms with van der Waals surface area (Å²) >= 11 is 1.24. The topological polar surface area (TPSA) is 76.7 Å². The van der Waals surface area contributed by atoms with Crippen LogP contribution in [-0.2, 0) is 14.3 Å². The number of nitrogens with one attached hydrogen (secondary N) is 2. The zero-order valence-electron chi connectivity index (χ0n) is 15.6. The third-order valence-electron chi connectivity index (χ3n) is 4.36. The van der Waals surface area contributed by atoms with Crippen molar-refractivity contribution in [2.45, 2.75) is 25.9 Å². The fourth-order valence-electron chi connectivity index (χ4n) is 3.02. The molecule has 1 aromatic carbocycles. The number of amides is 1. The molecule has 1 fully saturated rings. The molecule has 1 saturated heterocycles. The zero-order valence-corrected chi connectivity index (χ0v) is 16.4. The van der Waals surface area contributed by atoms with Crippen LogP contribution in [0.3, 0.4) is 0 Å². The fraction of sp³-hybridized carbons (Fsp3) is 0.400. The Hall–Kier alpha value is -2.29. The minimum absolute atomic E-state index is 0.117. The summed E-state index contributed by atoms with van der Waals surface area (Å²) in [6.07, 6.45) is 2.19. The van der Waals surface area contributed by atoms with E-state index in [9.17, 15) is 14.0 Å². The predicted octanol–water partition coefficient (Wildman–Crippen LogP) is 3.44. The van der Waals surface area contributed by atoms with Crippen LogP contribution in [0.15, 0.2) is 29.6 Å². The molecule has 2 N–H and O–H groups in total. The molecule has 0 aliphatic carbocycles. The quantitative estimate of drug-likeness (QED) is 0.657. The Morgan fingerprint density at radius 3 is 2.79 bits per heavy atom. The van der Waals surface area contributed by atoms with E-state index in [2.05, 4.69) is 10.6 Å². The molecule has 0 bridgehead atoms. The largest absolute Gasteiger partial charge is 0.462 e. The van der Waals surface area contributed by atoms with Crippen molar-refractivity contribution in [2.75, 3.05) is 31.6 Å². The maximum atomic E-state index is 13.2. The van der Waals surface area contributed by atoms with Crippen LogP contribution >= 0.6 is 11.3 Å². The van der Waals surface area contributed by atoms with Crippen molar-refractivity contribution in [3.63, 3.8) is 0 Å². The van der Waals surface area contributed by atoms with Crippen molar-refractivity contribution >= 4 is 28.2 Å². The Balaban J connectivity index is 1.71. The van der Waals surface area contributed by atoms with Gasteiger partial charge in [0.05, 0.1) is 19.3 Å². The van der Waals surface area contributed by atoms with Gasteiger partial charge in [0.2, 0.25) is 5.91 Å². The van der Waals surface area contributed by atoms with E-state index >= 15 is 0 Å². The highest BCUT2D eigenvalue weighted by atomic mass is 32.1. The lowest BCUT2D eigenvalue weighted by atomic mass is 10.0. The predicted molar refractivity (Wildman–Crippen MR) is 106 cm³/mol. The van der Waals surface area contributed by atoms with Gasteiger partial charge in [-0.3, -0.25) is 4.79 Å². The van der Waals surface area contributed by atoms with Crippen LogP contribution in [-0.4, -0.2) is 44.3 Å². The summed E-state index contributed by atoms with van der Waals surface area (Å²) in [5.74, 6) is -1.13. The van der Waals surface area contributed by atoms with E-state index < -0.39 is 5.97 Å². The summed E-state index contributed by atoms with van der Waals surface area (Å²) in [6, 6.07) is 5.84. The maximum absolute atomic E-state index is 13.2. The number of thiophene rings is 1. The first-order valence-corrected chi connectivity index (χ1v) is 10.1. The van der Waals surface area contributed by atoms with Crippen molar-refractivity contribution in [3.05, 3.63) is 41.0 Å². The Labute approximate surface area is 167 Å². The molecule has 150 valence electrons. The van der Waals surface area contributed by atoms with Crippen molar-refractivity contribution in [3.8, 4) is 11.1 Å². The first-order chi connectivity index (χ1) is 13.6. The van der Waals surface area contributed by atoms with Crippen molar-refractivity contribution in [2.24, 2.45) is 0 Å². The van der Waals surface area contributed by atoms with Crippen molar-refractivity contribution < 1.29 is 23.5 Å². The zero-order chi connectivity index (χ0) is 19.9. The van der Waals surface area contributed by atoms with Crippen LogP contribution in [0.1, 0.15) is 30.1 Å². The van der Waals surface area contributed by atoms with Gasteiger partial charge in [0.1, 0.15) is 16.4 Å². The molecule has 1 aromatic heterocycles. The molecule has 2 aromatic rings.